The molecule has 21 heavy (non-hydrogen) atoms. The smallest absolute Gasteiger partial charge is 0.135 e. The Morgan fingerprint density at radius 3 is 2.48 bits per heavy atom. The van der Waals surface area contributed by atoms with Crippen LogP contribution in [-0.2, 0) is 6.42 Å². The van der Waals surface area contributed by atoms with E-state index in [1.165, 1.54) is 12.1 Å². The summed E-state index contributed by atoms with van der Waals surface area (Å²) in [4.78, 5) is 8.67. The molecule has 0 radical (unpaired) electrons. The highest BCUT2D eigenvalue weighted by Gasteiger charge is 2.08. The van der Waals surface area contributed by atoms with Gasteiger partial charge < -0.3 is 0 Å². The van der Waals surface area contributed by atoms with Gasteiger partial charge in [0.1, 0.15) is 11.6 Å². The summed E-state index contributed by atoms with van der Waals surface area (Å²) in [6.07, 6.45) is 2.29. The predicted molar refractivity (Wildman–Crippen MR) is 76.6 cm³/mol. The molecule has 3 aromatic rings. The Labute approximate surface area is 121 Å². The van der Waals surface area contributed by atoms with Crippen LogP contribution in [0.1, 0.15) is 11.4 Å². The molecule has 2 aromatic heterocycles. The van der Waals surface area contributed by atoms with E-state index in [-0.39, 0.29) is 0 Å². The molecule has 0 bridgehead atoms. The van der Waals surface area contributed by atoms with Gasteiger partial charge in [-0.3, -0.25) is 9.97 Å². The van der Waals surface area contributed by atoms with Gasteiger partial charge in [0.25, 0.3) is 0 Å². The molecule has 104 valence electrons. The van der Waals surface area contributed by atoms with Gasteiger partial charge in [-0.2, -0.15) is 0 Å². The lowest BCUT2D eigenvalue weighted by Crippen LogP contribution is -1.97. The minimum Gasteiger partial charge on any atom is -0.261 e. The Morgan fingerprint density at radius 2 is 1.71 bits per heavy atom. The number of hydrogen-bond acceptors (Lipinski definition) is 2. The molecule has 3 rings (SSSR count). The third-order valence-corrected chi connectivity index (χ3v) is 3.10. The SMILES string of the molecule is Fc1ccc(-c2cccc(Cc3ccccn3)n2)c(F)c1. The fourth-order valence-electron chi connectivity index (χ4n) is 2.11. The van der Waals surface area contributed by atoms with E-state index in [2.05, 4.69) is 9.97 Å². The van der Waals surface area contributed by atoms with Crippen molar-refractivity contribution in [1.29, 1.82) is 0 Å². The van der Waals surface area contributed by atoms with Crippen LogP contribution in [0.15, 0.2) is 60.8 Å². The number of hydrogen-bond donors (Lipinski definition) is 0. The largest absolute Gasteiger partial charge is 0.261 e. The summed E-state index contributed by atoms with van der Waals surface area (Å²) in [5.74, 6) is -1.21. The molecule has 0 fully saturated rings. The first-order valence-corrected chi connectivity index (χ1v) is 6.53. The molecule has 0 atom stereocenters. The Hall–Kier alpha value is -2.62. The zero-order chi connectivity index (χ0) is 14.7. The van der Waals surface area contributed by atoms with Crippen LogP contribution in [0.4, 0.5) is 8.78 Å². The zero-order valence-electron chi connectivity index (χ0n) is 11.1. The maximum absolute atomic E-state index is 13.8. The van der Waals surface area contributed by atoms with Crippen LogP contribution < -0.4 is 0 Å². The van der Waals surface area contributed by atoms with E-state index in [9.17, 15) is 8.78 Å². The standard InChI is InChI=1S/C17H12F2N2/c18-12-7-8-15(16(19)10-12)17-6-3-5-14(21-17)11-13-4-1-2-9-20-13/h1-10H,11H2. The summed E-state index contributed by atoms with van der Waals surface area (Å²) in [7, 11) is 0. The number of rotatable bonds is 3. The van der Waals surface area contributed by atoms with Gasteiger partial charge in [0, 0.05) is 35.6 Å². The van der Waals surface area contributed by atoms with Crippen molar-refractivity contribution >= 4 is 0 Å². The van der Waals surface area contributed by atoms with E-state index < -0.39 is 11.6 Å². The highest BCUT2D eigenvalue weighted by Crippen LogP contribution is 2.22. The lowest BCUT2D eigenvalue weighted by molar-refractivity contribution is 0.585. The van der Waals surface area contributed by atoms with Gasteiger partial charge in [-0.1, -0.05) is 12.1 Å². The van der Waals surface area contributed by atoms with Crippen molar-refractivity contribution in [3.05, 3.63) is 83.8 Å². The number of aromatic nitrogens is 2. The van der Waals surface area contributed by atoms with Crippen LogP contribution in [-0.4, -0.2) is 9.97 Å². The van der Waals surface area contributed by atoms with Crippen molar-refractivity contribution in [2.75, 3.05) is 0 Å². The van der Waals surface area contributed by atoms with Crippen molar-refractivity contribution in [2.45, 2.75) is 6.42 Å². The fraction of sp³-hybridized carbons (Fsp3) is 0.0588. The van der Waals surface area contributed by atoms with Crippen LogP contribution >= 0.6 is 0 Å². The maximum atomic E-state index is 13.8. The van der Waals surface area contributed by atoms with Crippen LogP contribution in [0.3, 0.4) is 0 Å². The normalized spacial score (nSPS) is 10.6. The minimum atomic E-state index is -0.613. The summed E-state index contributed by atoms with van der Waals surface area (Å²) in [5, 5.41) is 0. The monoisotopic (exact) mass is 282 g/mol. The molecule has 0 N–H and O–H groups in total. The average molecular weight is 282 g/mol. The van der Waals surface area contributed by atoms with E-state index in [0.717, 1.165) is 17.5 Å². The fourth-order valence-corrected chi connectivity index (χ4v) is 2.11. The van der Waals surface area contributed by atoms with Gasteiger partial charge in [0.2, 0.25) is 0 Å². The maximum Gasteiger partial charge on any atom is 0.135 e. The van der Waals surface area contributed by atoms with E-state index in [1.54, 1.807) is 12.3 Å². The molecule has 0 saturated carbocycles. The zero-order valence-corrected chi connectivity index (χ0v) is 11.1. The molecule has 0 saturated heterocycles. The molecule has 2 nitrogen and oxygen atoms in total. The third-order valence-electron chi connectivity index (χ3n) is 3.10. The van der Waals surface area contributed by atoms with Gasteiger partial charge >= 0.3 is 0 Å². The van der Waals surface area contributed by atoms with Crippen molar-refractivity contribution in [3.8, 4) is 11.3 Å². The minimum absolute atomic E-state index is 0.291. The topological polar surface area (TPSA) is 25.8 Å². The quantitative estimate of drug-likeness (QED) is 0.725. The van der Waals surface area contributed by atoms with E-state index >= 15 is 0 Å². The highest BCUT2D eigenvalue weighted by molar-refractivity contribution is 5.60. The molecular weight excluding hydrogens is 270 g/mol. The van der Waals surface area contributed by atoms with E-state index in [1.807, 2.05) is 30.3 Å². The molecule has 0 spiro atoms. The van der Waals surface area contributed by atoms with Gasteiger partial charge in [-0.25, -0.2) is 8.78 Å². The first-order chi connectivity index (χ1) is 10.2. The molecule has 0 unspecified atom stereocenters. The van der Waals surface area contributed by atoms with Crippen LogP contribution in [0.5, 0.6) is 0 Å². The lowest BCUT2D eigenvalue weighted by atomic mass is 10.1. The number of nitrogens with zero attached hydrogens (tertiary/aromatic N) is 2. The summed E-state index contributed by atoms with van der Waals surface area (Å²) in [5.41, 5.74) is 2.46. The molecular formula is C17H12F2N2. The van der Waals surface area contributed by atoms with Gasteiger partial charge in [-0.05, 0) is 36.4 Å². The average Bonchev–Trinajstić information content (AvgIpc) is 2.48. The Balaban J connectivity index is 1.93. The molecule has 0 aliphatic rings. The Kier molecular flexibility index (Phi) is 3.69. The van der Waals surface area contributed by atoms with Crippen LogP contribution in [0.25, 0.3) is 11.3 Å². The third kappa shape index (κ3) is 3.11. The Bertz CT molecular complexity index is 758. The first-order valence-electron chi connectivity index (χ1n) is 6.53. The van der Waals surface area contributed by atoms with Gasteiger partial charge in [0.15, 0.2) is 0 Å². The summed E-state index contributed by atoms with van der Waals surface area (Å²) >= 11 is 0. The second kappa shape index (κ2) is 5.79. The van der Waals surface area contributed by atoms with Gasteiger partial charge in [0.05, 0.1) is 5.69 Å². The van der Waals surface area contributed by atoms with Crippen molar-refractivity contribution in [1.82, 2.24) is 9.97 Å². The second-order valence-electron chi connectivity index (χ2n) is 4.64. The molecule has 2 heterocycles. The Morgan fingerprint density at radius 1 is 0.857 bits per heavy atom. The second-order valence-corrected chi connectivity index (χ2v) is 4.64. The van der Waals surface area contributed by atoms with Crippen molar-refractivity contribution < 1.29 is 8.78 Å². The van der Waals surface area contributed by atoms with Crippen LogP contribution in [0.2, 0.25) is 0 Å². The van der Waals surface area contributed by atoms with Gasteiger partial charge in [-0.15, -0.1) is 0 Å². The van der Waals surface area contributed by atoms with Crippen molar-refractivity contribution in [3.63, 3.8) is 0 Å². The molecule has 4 heteroatoms. The molecule has 0 amide bonds. The molecule has 1 aromatic carbocycles. The highest BCUT2D eigenvalue weighted by atomic mass is 19.1. The van der Waals surface area contributed by atoms with E-state index in [0.29, 0.717) is 17.7 Å². The molecule has 0 aliphatic carbocycles. The predicted octanol–water partition coefficient (Wildman–Crippen LogP) is 4.01. The van der Waals surface area contributed by atoms with Crippen molar-refractivity contribution in [2.24, 2.45) is 0 Å². The summed E-state index contributed by atoms with van der Waals surface area (Å²) in [6.45, 7) is 0. The molecule has 0 aliphatic heterocycles. The van der Waals surface area contributed by atoms with E-state index in [4.69, 9.17) is 0 Å². The number of pyridine rings is 2. The lowest BCUT2D eigenvalue weighted by Gasteiger charge is -2.06. The number of halogens is 2. The summed E-state index contributed by atoms with van der Waals surface area (Å²) < 4.78 is 26.8. The first kappa shape index (κ1) is 13.4. The number of benzene rings is 1. The summed E-state index contributed by atoms with van der Waals surface area (Å²) in [6, 6.07) is 14.5. The van der Waals surface area contributed by atoms with Crippen LogP contribution in [0, 0.1) is 11.6 Å².